The van der Waals surface area contributed by atoms with Gasteiger partial charge in [0, 0.05) is 12.7 Å². The van der Waals surface area contributed by atoms with E-state index in [4.69, 9.17) is 9.84 Å². The van der Waals surface area contributed by atoms with Crippen LogP contribution in [0.4, 0.5) is 0 Å². The van der Waals surface area contributed by atoms with Crippen molar-refractivity contribution in [2.75, 3.05) is 13.2 Å². The van der Waals surface area contributed by atoms with Crippen molar-refractivity contribution < 1.29 is 19.7 Å². The molecule has 1 unspecified atom stereocenters. The molecule has 1 atom stereocenters. The van der Waals surface area contributed by atoms with E-state index in [1.165, 1.54) is 12.1 Å². The van der Waals surface area contributed by atoms with Crippen LogP contribution in [0.2, 0.25) is 0 Å². The lowest BCUT2D eigenvalue weighted by molar-refractivity contribution is 0.0623. The number of carbonyl (C=O) groups is 1. The molecule has 3 N–H and O–H groups in total. The van der Waals surface area contributed by atoms with Crippen molar-refractivity contribution in [3.63, 3.8) is 0 Å². The van der Waals surface area contributed by atoms with Crippen LogP contribution in [0, 0.1) is 0 Å². The monoisotopic (exact) mass is 237 g/mol. The molecule has 92 valence electrons. The average Bonchev–Trinajstić information content (AvgIpc) is 2.30. The van der Waals surface area contributed by atoms with Crippen LogP contribution in [0.15, 0.2) is 18.2 Å². The number of nitrogens with one attached hydrogen (secondary N) is 1. The van der Waals surface area contributed by atoms with E-state index in [0.717, 1.165) is 25.5 Å². The van der Waals surface area contributed by atoms with Crippen molar-refractivity contribution in [3.8, 4) is 11.5 Å². The number of benzene rings is 1. The van der Waals surface area contributed by atoms with Crippen molar-refractivity contribution in [2.45, 2.75) is 18.9 Å². The smallest absolute Gasteiger partial charge is 0.255 e. The van der Waals surface area contributed by atoms with Gasteiger partial charge in [-0.2, -0.15) is 0 Å². The van der Waals surface area contributed by atoms with E-state index >= 15 is 0 Å². The molecule has 0 aliphatic carbocycles. The summed E-state index contributed by atoms with van der Waals surface area (Å²) in [6.45, 7) is 1.24. The van der Waals surface area contributed by atoms with E-state index in [2.05, 4.69) is 5.32 Å². The molecule has 1 fully saturated rings. The molecule has 0 bridgehead atoms. The van der Waals surface area contributed by atoms with Gasteiger partial charge in [0.25, 0.3) is 5.91 Å². The topological polar surface area (TPSA) is 78.8 Å². The normalized spacial score (nSPS) is 19.9. The summed E-state index contributed by atoms with van der Waals surface area (Å²) in [6, 6.07) is 3.89. The number of aromatic hydroxyl groups is 2. The van der Waals surface area contributed by atoms with Crippen molar-refractivity contribution in [1.29, 1.82) is 0 Å². The fourth-order valence-corrected chi connectivity index (χ4v) is 1.83. The summed E-state index contributed by atoms with van der Waals surface area (Å²) in [5.74, 6) is -0.641. The standard InChI is InChI=1S/C12H15NO4/c14-9-3-4-10(11(15)6-9)12(16)13-8-2-1-5-17-7-8/h3-4,6,8,14-15H,1-2,5,7H2,(H,13,16). The first-order valence-electron chi connectivity index (χ1n) is 5.57. The lowest BCUT2D eigenvalue weighted by Gasteiger charge is -2.23. The summed E-state index contributed by atoms with van der Waals surface area (Å²) in [7, 11) is 0. The van der Waals surface area contributed by atoms with Crippen LogP contribution in [-0.4, -0.2) is 35.4 Å². The van der Waals surface area contributed by atoms with Gasteiger partial charge in [-0.15, -0.1) is 0 Å². The van der Waals surface area contributed by atoms with Crippen LogP contribution in [0.25, 0.3) is 0 Å². The predicted octanol–water partition coefficient (Wildman–Crippen LogP) is 1.01. The van der Waals surface area contributed by atoms with E-state index in [0.29, 0.717) is 6.61 Å². The Balaban J connectivity index is 2.03. The Morgan fingerprint density at radius 1 is 1.41 bits per heavy atom. The van der Waals surface area contributed by atoms with Crippen LogP contribution in [0.3, 0.4) is 0 Å². The molecule has 0 spiro atoms. The van der Waals surface area contributed by atoms with Gasteiger partial charge >= 0.3 is 0 Å². The lowest BCUT2D eigenvalue weighted by Crippen LogP contribution is -2.40. The molecule has 0 saturated carbocycles. The molecule has 0 radical (unpaired) electrons. The summed E-state index contributed by atoms with van der Waals surface area (Å²) >= 11 is 0. The summed E-state index contributed by atoms with van der Waals surface area (Å²) in [6.07, 6.45) is 1.80. The highest BCUT2D eigenvalue weighted by molar-refractivity contribution is 5.97. The Labute approximate surface area is 99.0 Å². The maximum atomic E-state index is 11.8. The molecule has 0 aromatic heterocycles. The van der Waals surface area contributed by atoms with Gasteiger partial charge in [0.1, 0.15) is 11.5 Å². The molecule has 1 saturated heterocycles. The molecule has 5 heteroatoms. The van der Waals surface area contributed by atoms with Crippen LogP contribution < -0.4 is 5.32 Å². The summed E-state index contributed by atoms with van der Waals surface area (Å²) in [5.41, 5.74) is 0.161. The van der Waals surface area contributed by atoms with Crippen LogP contribution >= 0.6 is 0 Å². The van der Waals surface area contributed by atoms with Gasteiger partial charge < -0.3 is 20.3 Å². The number of rotatable bonds is 2. The van der Waals surface area contributed by atoms with Gasteiger partial charge in [0.15, 0.2) is 0 Å². The van der Waals surface area contributed by atoms with Gasteiger partial charge in [-0.05, 0) is 25.0 Å². The number of phenols is 2. The summed E-state index contributed by atoms with van der Waals surface area (Å²) in [5, 5.41) is 21.5. The lowest BCUT2D eigenvalue weighted by atomic mass is 10.1. The van der Waals surface area contributed by atoms with E-state index in [9.17, 15) is 9.90 Å². The molecular weight excluding hydrogens is 222 g/mol. The van der Waals surface area contributed by atoms with E-state index in [1.54, 1.807) is 0 Å². The third kappa shape index (κ3) is 2.88. The van der Waals surface area contributed by atoms with E-state index < -0.39 is 0 Å². The van der Waals surface area contributed by atoms with Crippen molar-refractivity contribution in [3.05, 3.63) is 23.8 Å². The van der Waals surface area contributed by atoms with Crippen molar-refractivity contribution in [1.82, 2.24) is 5.32 Å². The molecule has 1 heterocycles. The first-order valence-corrected chi connectivity index (χ1v) is 5.57. The van der Waals surface area contributed by atoms with E-state index in [1.807, 2.05) is 0 Å². The number of hydrogen-bond acceptors (Lipinski definition) is 4. The molecule has 1 aliphatic rings. The second kappa shape index (κ2) is 5.05. The largest absolute Gasteiger partial charge is 0.508 e. The maximum Gasteiger partial charge on any atom is 0.255 e. The maximum absolute atomic E-state index is 11.8. The molecule has 2 rings (SSSR count). The van der Waals surface area contributed by atoms with Crippen LogP contribution in [-0.2, 0) is 4.74 Å². The van der Waals surface area contributed by atoms with Gasteiger partial charge in [0.05, 0.1) is 18.2 Å². The van der Waals surface area contributed by atoms with Crippen molar-refractivity contribution in [2.24, 2.45) is 0 Å². The molecule has 17 heavy (non-hydrogen) atoms. The molecule has 1 aliphatic heterocycles. The fourth-order valence-electron chi connectivity index (χ4n) is 1.83. The summed E-state index contributed by atoms with van der Waals surface area (Å²) in [4.78, 5) is 11.8. The number of ether oxygens (including phenoxy) is 1. The Bertz CT molecular complexity index is 413. The Morgan fingerprint density at radius 3 is 2.88 bits per heavy atom. The molecule has 1 aromatic rings. The average molecular weight is 237 g/mol. The SMILES string of the molecule is O=C(NC1CCCOC1)c1ccc(O)cc1O. The summed E-state index contributed by atoms with van der Waals surface area (Å²) < 4.78 is 5.25. The minimum Gasteiger partial charge on any atom is -0.508 e. The zero-order valence-corrected chi connectivity index (χ0v) is 9.35. The zero-order valence-electron chi connectivity index (χ0n) is 9.35. The number of phenolic OH excluding ortho intramolecular Hbond substituents is 2. The second-order valence-electron chi connectivity index (χ2n) is 4.09. The molecule has 1 aromatic carbocycles. The van der Waals surface area contributed by atoms with Crippen molar-refractivity contribution >= 4 is 5.91 Å². The molecule has 5 nitrogen and oxygen atoms in total. The van der Waals surface area contributed by atoms with Crippen LogP contribution in [0.1, 0.15) is 23.2 Å². The van der Waals surface area contributed by atoms with Gasteiger partial charge in [-0.3, -0.25) is 4.79 Å². The first-order chi connectivity index (χ1) is 8.16. The highest BCUT2D eigenvalue weighted by Crippen LogP contribution is 2.22. The Morgan fingerprint density at radius 2 is 2.24 bits per heavy atom. The minimum atomic E-state index is -0.349. The Hall–Kier alpha value is -1.75. The minimum absolute atomic E-state index is 0.00977. The predicted molar refractivity (Wildman–Crippen MR) is 61.1 cm³/mol. The molecule has 1 amide bonds. The fraction of sp³-hybridized carbons (Fsp3) is 0.417. The number of carbonyl (C=O) groups excluding carboxylic acids is 1. The zero-order chi connectivity index (χ0) is 12.3. The molecular formula is C12H15NO4. The number of hydrogen-bond donors (Lipinski definition) is 3. The third-order valence-corrected chi connectivity index (χ3v) is 2.72. The Kier molecular flexibility index (Phi) is 3.49. The van der Waals surface area contributed by atoms with Gasteiger partial charge in [-0.25, -0.2) is 0 Å². The van der Waals surface area contributed by atoms with Gasteiger partial charge in [-0.1, -0.05) is 0 Å². The van der Waals surface area contributed by atoms with E-state index in [-0.39, 0.29) is 29.0 Å². The quantitative estimate of drug-likeness (QED) is 0.717. The first kappa shape index (κ1) is 11.7. The second-order valence-corrected chi connectivity index (χ2v) is 4.09. The van der Waals surface area contributed by atoms with Gasteiger partial charge in [0.2, 0.25) is 0 Å². The highest BCUT2D eigenvalue weighted by atomic mass is 16.5. The number of amides is 1. The van der Waals surface area contributed by atoms with Crippen LogP contribution in [0.5, 0.6) is 11.5 Å². The third-order valence-electron chi connectivity index (χ3n) is 2.72. The highest BCUT2D eigenvalue weighted by Gasteiger charge is 2.18.